The molecule has 0 spiro atoms. The number of nitrogens with zero attached hydrogens (tertiary/aromatic N) is 2. The van der Waals surface area contributed by atoms with Gasteiger partial charge in [-0.3, -0.25) is 0 Å². The third kappa shape index (κ3) is 3.63. The average molecular weight is 244 g/mol. The molecule has 0 aromatic carbocycles. The van der Waals surface area contributed by atoms with E-state index >= 15 is 0 Å². The van der Waals surface area contributed by atoms with Crippen molar-refractivity contribution in [3.05, 3.63) is 17.4 Å². The van der Waals surface area contributed by atoms with Crippen molar-refractivity contribution in [2.75, 3.05) is 12.3 Å². The predicted molar refractivity (Wildman–Crippen MR) is 63.4 cm³/mol. The Morgan fingerprint density at radius 1 is 1.40 bits per heavy atom. The summed E-state index contributed by atoms with van der Waals surface area (Å²) in [5, 5.41) is 4.90. The summed E-state index contributed by atoms with van der Waals surface area (Å²) in [6.07, 6.45) is 7.19. The van der Waals surface area contributed by atoms with E-state index in [4.69, 9.17) is 11.6 Å². The van der Waals surface area contributed by atoms with Crippen molar-refractivity contribution >= 4 is 23.4 Å². The monoisotopic (exact) mass is 243 g/mol. The Hall–Kier alpha value is -0.320. The summed E-state index contributed by atoms with van der Waals surface area (Å²) in [5.74, 6) is 1.04. The molecule has 2 rings (SSSR count). The summed E-state index contributed by atoms with van der Waals surface area (Å²) < 4.78 is 0. The van der Waals surface area contributed by atoms with Crippen LogP contribution in [0.4, 0.5) is 0 Å². The molecule has 1 aliphatic rings. The van der Waals surface area contributed by atoms with Gasteiger partial charge in [0.25, 0.3) is 0 Å². The number of aromatic nitrogens is 2. The molecule has 1 saturated heterocycles. The first-order valence-electron chi connectivity index (χ1n) is 5.18. The summed E-state index contributed by atoms with van der Waals surface area (Å²) in [6.45, 7) is 1.15. The molecule has 1 unspecified atom stereocenters. The van der Waals surface area contributed by atoms with Crippen molar-refractivity contribution in [3.63, 3.8) is 0 Å². The fourth-order valence-corrected chi connectivity index (χ4v) is 2.60. The molecule has 0 aliphatic carbocycles. The normalized spacial score (nSPS) is 21.5. The Labute approximate surface area is 99.0 Å². The number of rotatable bonds is 3. The van der Waals surface area contributed by atoms with Gasteiger partial charge in [0.2, 0.25) is 0 Å². The van der Waals surface area contributed by atoms with E-state index in [-0.39, 0.29) is 0 Å². The highest BCUT2D eigenvalue weighted by atomic mass is 35.5. The number of halogens is 1. The van der Waals surface area contributed by atoms with Crippen LogP contribution in [0.1, 0.15) is 19.3 Å². The van der Waals surface area contributed by atoms with E-state index in [9.17, 15) is 0 Å². The number of nitrogens with one attached hydrogen (secondary N) is 1. The van der Waals surface area contributed by atoms with Crippen LogP contribution in [0.2, 0.25) is 5.02 Å². The Kier molecular flexibility index (Phi) is 4.23. The van der Waals surface area contributed by atoms with Crippen LogP contribution in [-0.4, -0.2) is 28.3 Å². The Morgan fingerprint density at radius 2 is 2.20 bits per heavy atom. The quantitative estimate of drug-likeness (QED) is 0.654. The fraction of sp³-hybridized carbons (Fsp3) is 0.600. The zero-order chi connectivity index (χ0) is 10.5. The second kappa shape index (κ2) is 5.68. The molecule has 15 heavy (non-hydrogen) atoms. The summed E-state index contributed by atoms with van der Waals surface area (Å²) in [7, 11) is 0. The van der Waals surface area contributed by atoms with Gasteiger partial charge in [0.1, 0.15) is 0 Å². The smallest absolute Gasteiger partial charge is 0.187 e. The van der Waals surface area contributed by atoms with Crippen molar-refractivity contribution in [1.82, 2.24) is 15.3 Å². The van der Waals surface area contributed by atoms with Gasteiger partial charge in [0.15, 0.2) is 5.16 Å². The first-order chi connectivity index (χ1) is 7.34. The van der Waals surface area contributed by atoms with Crippen molar-refractivity contribution in [2.45, 2.75) is 30.5 Å². The van der Waals surface area contributed by atoms with Gasteiger partial charge in [-0.25, -0.2) is 9.97 Å². The molecule has 1 atom stereocenters. The van der Waals surface area contributed by atoms with Crippen LogP contribution in [0.25, 0.3) is 0 Å². The van der Waals surface area contributed by atoms with Gasteiger partial charge in [-0.1, -0.05) is 29.8 Å². The van der Waals surface area contributed by atoms with E-state index in [1.165, 1.54) is 19.3 Å². The molecule has 0 saturated carbocycles. The van der Waals surface area contributed by atoms with Gasteiger partial charge in [0.05, 0.1) is 17.4 Å². The topological polar surface area (TPSA) is 37.8 Å². The summed E-state index contributed by atoms with van der Waals surface area (Å²) in [6, 6.07) is 0.614. The Bertz CT molecular complexity index is 298. The maximum Gasteiger partial charge on any atom is 0.187 e. The lowest BCUT2D eigenvalue weighted by molar-refractivity contribution is 0.429. The third-order valence-electron chi connectivity index (χ3n) is 2.42. The van der Waals surface area contributed by atoms with E-state index in [2.05, 4.69) is 15.3 Å². The van der Waals surface area contributed by atoms with Gasteiger partial charge in [-0.2, -0.15) is 0 Å². The van der Waals surface area contributed by atoms with Crippen LogP contribution in [0.15, 0.2) is 17.6 Å². The maximum absolute atomic E-state index is 5.71. The van der Waals surface area contributed by atoms with Crippen molar-refractivity contribution < 1.29 is 0 Å². The van der Waals surface area contributed by atoms with Crippen molar-refractivity contribution in [3.8, 4) is 0 Å². The Balaban J connectivity index is 1.79. The van der Waals surface area contributed by atoms with Crippen LogP contribution >= 0.6 is 23.4 Å². The molecular formula is C10H14ClN3S. The minimum Gasteiger partial charge on any atom is -0.313 e. The van der Waals surface area contributed by atoms with Crippen LogP contribution in [0.3, 0.4) is 0 Å². The summed E-state index contributed by atoms with van der Waals surface area (Å²) in [5.41, 5.74) is 0. The second-order valence-electron chi connectivity index (χ2n) is 3.64. The Morgan fingerprint density at radius 3 is 2.87 bits per heavy atom. The van der Waals surface area contributed by atoms with Crippen LogP contribution in [0.5, 0.6) is 0 Å². The number of thioether (sulfide) groups is 1. The minimum absolute atomic E-state index is 0.593. The molecule has 1 aliphatic heterocycles. The molecule has 0 amide bonds. The largest absolute Gasteiger partial charge is 0.313 e. The van der Waals surface area contributed by atoms with E-state index in [0.29, 0.717) is 11.1 Å². The lowest BCUT2D eigenvalue weighted by Crippen LogP contribution is -2.35. The molecule has 5 heteroatoms. The lowest BCUT2D eigenvalue weighted by atomic mass is 10.1. The summed E-state index contributed by atoms with van der Waals surface area (Å²) >= 11 is 7.41. The average Bonchev–Trinajstić information content (AvgIpc) is 2.30. The second-order valence-corrected chi connectivity index (χ2v) is 5.07. The van der Waals surface area contributed by atoms with E-state index in [0.717, 1.165) is 17.5 Å². The number of piperidine rings is 1. The first-order valence-corrected chi connectivity index (χ1v) is 6.55. The standard InChI is InChI=1S/C10H14ClN3S/c11-8-5-13-10(14-6-8)15-7-9-3-1-2-4-12-9/h5-6,9,12H,1-4,7H2. The molecule has 82 valence electrons. The lowest BCUT2D eigenvalue weighted by Gasteiger charge is -2.22. The highest BCUT2D eigenvalue weighted by Crippen LogP contribution is 2.18. The molecular weight excluding hydrogens is 230 g/mol. The van der Waals surface area contributed by atoms with Gasteiger partial charge < -0.3 is 5.32 Å². The molecule has 1 fully saturated rings. The van der Waals surface area contributed by atoms with Crippen molar-refractivity contribution in [2.24, 2.45) is 0 Å². The highest BCUT2D eigenvalue weighted by molar-refractivity contribution is 7.99. The number of hydrogen-bond acceptors (Lipinski definition) is 4. The zero-order valence-electron chi connectivity index (χ0n) is 8.45. The molecule has 1 aromatic rings. The first kappa shape index (κ1) is 11.2. The summed E-state index contributed by atoms with van der Waals surface area (Å²) in [4.78, 5) is 8.31. The molecule has 3 nitrogen and oxygen atoms in total. The van der Waals surface area contributed by atoms with Crippen LogP contribution in [0, 0.1) is 0 Å². The molecule has 0 bridgehead atoms. The van der Waals surface area contributed by atoms with Gasteiger partial charge in [-0.15, -0.1) is 0 Å². The number of hydrogen-bond donors (Lipinski definition) is 1. The zero-order valence-corrected chi connectivity index (χ0v) is 10.0. The molecule has 2 heterocycles. The van der Waals surface area contributed by atoms with E-state index in [1.54, 1.807) is 24.2 Å². The van der Waals surface area contributed by atoms with Crippen LogP contribution in [-0.2, 0) is 0 Å². The maximum atomic E-state index is 5.71. The fourth-order valence-electron chi connectivity index (χ4n) is 1.62. The predicted octanol–water partition coefficient (Wildman–Crippen LogP) is 2.36. The van der Waals surface area contributed by atoms with Gasteiger partial charge >= 0.3 is 0 Å². The van der Waals surface area contributed by atoms with Gasteiger partial charge in [0, 0.05) is 11.8 Å². The van der Waals surface area contributed by atoms with Crippen molar-refractivity contribution in [1.29, 1.82) is 0 Å². The SMILES string of the molecule is Clc1cnc(SCC2CCCCN2)nc1. The van der Waals surface area contributed by atoms with Crippen LogP contribution < -0.4 is 5.32 Å². The molecule has 0 radical (unpaired) electrons. The van der Waals surface area contributed by atoms with E-state index < -0.39 is 0 Å². The highest BCUT2D eigenvalue weighted by Gasteiger charge is 2.12. The minimum atomic E-state index is 0.593. The van der Waals surface area contributed by atoms with E-state index in [1.807, 2.05) is 0 Å². The van der Waals surface area contributed by atoms with Gasteiger partial charge in [-0.05, 0) is 19.4 Å². The molecule has 1 aromatic heterocycles. The third-order valence-corrected chi connectivity index (χ3v) is 3.66. The molecule has 1 N–H and O–H groups in total.